The standard InChI is InChI=1S/C18H17N3O/c1-11-4-3-5-15(19-11)18-17(20-12(2)21-18)14-6-7-16-13(10-14)8-9-22-16/h3-7,10H,8-9H2,1-2H3,(H,20,21). The predicted octanol–water partition coefficient (Wildman–Crippen LogP) is 3.69. The first-order chi connectivity index (χ1) is 10.7. The van der Waals surface area contributed by atoms with Crippen LogP contribution >= 0.6 is 0 Å². The molecule has 1 aliphatic rings. The quantitative estimate of drug-likeness (QED) is 0.783. The van der Waals surface area contributed by atoms with Crippen LogP contribution < -0.4 is 4.74 Å². The lowest BCUT2D eigenvalue weighted by molar-refractivity contribution is 0.357. The van der Waals surface area contributed by atoms with Crippen molar-refractivity contribution in [3.63, 3.8) is 0 Å². The van der Waals surface area contributed by atoms with Gasteiger partial charge in [0.1, 0.15) is 11.6 Å². The van der Waals surface area contributed by atoms with E-state index in [-0.39, 0.29) is 0 Å². The van der Waals surface area contributed by atoms with E-state index in [4.69, 9.17) is 4.74 Å². The first kappa shape index (κ1) is 13.1. The maximum Gasteiger partial charge on any atom is 0.122 e. The molecule has 0 fully saturated rings. The second-order valence-electron chi connectivity index (χ2n) is 5.63. The Hall–Kier alpha value is -2.62. The minimum atomic E-state index is 0.769. The van der Waals surface area contributed by atoms with Gasteiger partial charge in [-0.15, -0.1) is 0 Å². The number of H-pyrrole nitrogens is 1. The van der Waals surface area contributed by atoms with Crippen molar-refractivity contribution in [1.29, 1.82) is 0 Å². The zero-order valence-corrected chi connectivity index (χ0v) is 12.7. The third kappa shape index (κ3) is 2.17. The van der Waals surface area contributed by atoms with E-state index in [1.54, 1.807) is 0 Å². The monoisotopic (exact) mass is 291 g/mol. The molecule has 0 saturated heterocycles. The lowest BCUT2D eigenvalue weighted by Gasteiger charge is -2.05. The highest BCUT2D eigenvalue weighted by Gasteiger charge is 2.17. The van der Waals surface area contributed by atoms with E-state index in [9.17, 15) is 0 Å². The highest BCUT2D eigenvalue weighted by Crippen LogP contribution is 2.34. The van der Waals surface area contributed by atoms with Gasteiger partial charge in [-0.3, -0.25) is 4.98 Å². The van der Waals surface area contributed by atoms with E-state index in [0.29, 0.717) is 0 Å². The third-order valence-electron chi connectivity index (χ3n) is 3.93. The molecule has 3 aromatic rings. The second-order valence-corrected chi connectivity index (χ2v) is 5.63. The molecule has 0 atom stereocenters. The number of ether oxygens (including phenoxy) is 1. The highest BCUT2D eigenvalue weighted by molar-refractivity contribution is 5.77. The predicted molar refractivity (Wildman–Crippen MR) is 85.9 cm³/mol. The molecule has 1 aliphatic heterocycles. The maximum absolute atomic E-state index is 5.58. The summed E-state index contributed by atoms with van der Waals surface area (Å²) in [6, 6.07) is 12.3. The molecule has 0 saturated carbocycles. The molecule has 110 valence electrons. The Morgan fingerprint density at radius 1 is 1.09 bits per heavy atom. The van der Waals surface area contributed by atoms with Crippen molar-refractivity contribution in [1.82, 2.24) is 15.0 Å². The van der Waals surface area contributed by atoms with Crippen LogP contribution in [0.3, 0.4) is 0 Å². The molecule has 0 amide bonds. The summed E-state index contributed by atoms with van der Waals surface area (Å²) in [5, 5.41) is 0. The van der Waals surface area contributed by atoms with Gasteiger partial charge in [0.25, 0.3) is 0 Å². The first-order valence-corrected chi connectivity index (χ1v) is 7.47. The number of rotatable bonds is 2. The molecular formula is C18H17N3O. The van der Waals surface area contributed by atoms with Crippen LogP contribution in [-0.4, -0.2) is 21.6 Å². The molecule has 0 bridgehead atoms. The Kier molecular flexibility index (Phi) is 2.96. The van der Waals surface area contributed by atoms with Crippen molar-refractivity contribution in [2.45, 2.75) is 20.3 Å². The van der Waals surface area contributed by atoms with Gasteiger partial charge in [0.15, 0.2) is 0 Å². The van der Waals surface area contributed by atoms with Gasteiger partial charge in [0, 0.05) is 17.7 Å². The Labute approximate surface area is 129 Å². The van der Waals surface area contributed by atoms with Gasteiger partial charge < -0.3 is 9.72 Å². The first-order valence-electron chi connectivity index (χ1n) is 7.47. The molecule has 1 N–H and O–H groups in total. The minimum Gasteiger partial charge on any atom is -0.493 e. The molecular weight excluding hydrogens is 274 g/mol. The minimum absolute atomic E-state index is 0.769. The molecule has 4 heteroatoms. The van der Waals surface area contributed by atoms with Gasteiger partial charge in [-0.1, -0.05) is 6.07 Å². The number of benzene rings is 1. The molecule has 0 unspecified atom stereocenters. The number of imidazole rings is 1. The number of nitrogens with zero attached hydrogens (tertiary/aromatic N) is 2. The Morgan fingerprint density at radius 2 is 2.00 bits per heavy atom. The van der Waals surface area contributed by atoms with Gasteiger partial charge in [0.2, 0.25) is 0 Å². The molecule has 22 heavy (non-hydrogen) atoms. The van der Waals surface area contributed by atoms with E-state index < -0.39 is 0 Å². The highest BCUT2D eigenvalue weighted by atomic mass is 16.5. The smallest absolute Gasteiger partial charge is 0.122 e. The zero-order chi connectivity index (χ0) is 15.1. The molecule has 3 heterocycles. The summed E-state index contributed by atoms with van der Waals surface area (Å²) in [6.45, 7) is 4.74. The SMILES string of the molecule is Cc1cccc(-c2[nH]c(C)nc2-c2ccc3c(c2)CCO3)n1. The van der Waals surface area contributed by atoms with Crippen molar-refractivity contribution in [3.05, 3.63) is 53.5 Å². The largest absolute Gasteiger partial charge is 0.493 e. The number of fused-ring (bicyclic) bond motifs is 1. The summed E-state index contributed by atoms with van der Waals surface area (Å²) in [4.78, 5) is 12.6. The summed E-state index contributed by atoms with van der Waals surface area (Å²) in [7, 11) is 0. The third-order valence-corrected chi connectivity index (χ3v) is 3.93. The lowest BCUT2D eigenvalue weighted by atomic mass is 10.0. The van der Waals surface area contributed by atoms with Crippen LogP contribution in [0.2, 0.25) is 0 Å². The Morgan fingerprint density at radius 3 is 2.86 bits per heavy atom. The molecule has 0 spiro atoms. The van der Waals surface area contributed by atoms with Crippen molar-refractivity contribution in [2.75, 3.05) is 6.61 Å². The summed E-state index contributed by atoms with van der Waals surface area (Å²) in [5.41, 5.74) is 6.20. The second kappa shape index (κ2) is 4.98. The van der Waals surface area contributed by atoms with Crippen LogP contribution in [0.4, 0.5) is 0 Å². The lowest BCUT2D eigenvalue weighted by Crippen LogP contribution is -1.90. The van der Waals surface area contributed by atoms with E-state index in [0.717, 1.165) is 52.9 Å². The zero-order valence-electron chi connectivity index (χ0n) is 12.7. The van der Waals surface area contributed by atoms with Crippen molar-refractivity contribution in [3.8, 4) is 28.4 Å². The number of hydrogen-bond acceptors (Lipinski definition) is 3. The number of aromatic amines is 1. The molecule has 4 nitrogen and oxygen atoms in total. The topological polar surface area (TPSA) is 50.8 Å². The van der Waals surface area contributed by atoms with Gasteiger partial charge in [-0.05, 0) is 49.7 Å². The number of pyridine rings is 1. The molecule has 0 radical (unpaired) electrons. The number of hydrogen-bond donors (Lipinski definition) is 1. The number of aromatic nitrogens is 3. The fourth-order valence-electron chi connectivity index (χ4n) is 2.90. The van der Waals surface area contributed by atoms with Crippen molar-refractivity contribution >= 4 is 0 Å². The van der Waals surface area contributed by atoms with E-state index >= 15 is 0 Å². The Bertz CT molecular complexity index is 851. The molecule has 0 aliphatic carbocycles. The summed E-state index contributed by atoms with van der Waals surface area (Å²) in [6.07, 6.45) is 0.963. The maximum atomic E-state index is 5.58. The summed E-state index contributed by atoms with van der Waals surface area (Å²) < 4.78 is 5.58. The summed E-state index contributed by atoms with van der Waals surface area (Å²) in [5.74, 6) is 1.89. The van der Waals surface area contributed by atoms with E-state index in [1.807, 2.05) is 38.1 Å². The number of aryl methyl sites for hydroxylation is 2. The fourth-order valence-corrected chi connectivity index (χ4v) is 2.90. The van der Waals surface area contributed by atoms with Gasteiger partial charge in [-0.25, -0.2) is 4.98 Å². The van der Waals surface area contributed by atoms with Crippen LogP contribution in [0.5, 0.6) is 5.75 Å². The van der Waals surface area contributed by atoms with Crippen LogP contribution in [0.1, 0.15) is 17.1 Å². The fraction of sp³-hybridized carbons (Fsp3) is 0.222. The summed E-state index contributed by atoms with van der Waals surface area (Å²) >= 11 is 0. The van der Waals surface area contributed by atoms with Crippen LogP contribution in [-0.2, 0) is 6.42 Å². The van der Waals surface area contributed by atoms with Gasteiger partial charge in [-0.2, -0.15) is 0 Å². The van der Waals surface area contributed by atoms with E-state index in [1.165, 1.54) is 5.56 Å². The van der Waals surface area contributed by atoms with Crippen molar-refractivity contribution < 1.29 is 4.74 Å². The normalized spacial score (nSPS) is 13.0. The van der Waals surface area contributed by atoms with Gasteiger partial charge in [0.05, 0.1) is 23.7 Å². The van der Waals surface area contributed by atoms with E-state index in [2.05, 4.69) is 27.1 Å². The molecule has 2 aromatic heterocycles. The van der Waals surface area contributed by atoms with Crippen LogP contribution in [0.25, 0.3) is 22.6 Å². The average molecular weight is 291 g/mol. The molecule has 4 rings (SSSR count). The van der Waals surface area contributed by atoms with Crippen LogP contribution in [0.15, 0.2) is 36.4 Å². The van der Waals surface area contributed by atoms with Crippen LogP contribution in [0, 0.1) is 13.8 Å². The molecule has 1 aromatic carbocycles. The van der Waals surface area contributed by atoms with Gasteiger partial charge >= 0.3 is 0 Å². The number of nitrogens with one attached hydrogen (secondary N) is 1. The van der Waals surface area contributed by atoms with Crippen molar-refractivity contribution in [2.24, 2.45) is 0 Å². The average Bonchev–Trinajstić information content (AvgIpc) is 3.12. The Balaban J connectivity index is 1.86.